The molecule has 4 nitrogen and oxygen atoms in total. The van der Waals surface area contributed by atoms with Crippen molar-refractivity contribution in [3.8, 4) is 0 Å². The molecule has 182 valence electrons. The summed E-state index contributed by atoms with van der Waals surface area (Å²) in [7, 11) is 0. The van der Waals surface area contributed by atoms with E-state index in [1.54, 1.807) is 12.7 Å². The Bertz CT molecular complexity index is 1440. The summed E-state index contributed by atoms with van der Waals surface area (Å²) in [6.45, 7) is 0. The van der Waals surface area contributed by atoms with Crippen LogP contribution in [-0.2, 0) is 37.2 Å². The molecule has 0 bridgehead atoms. The van der Waals surface area contributed by atoms with Gasteiger partial charge in [0.05, 0.1) is 0 Å². The van der Waals surface area contributed by atoms with Gasteiger partial charge >= 0.3 is 0 Å². The van der Waals surface area contributed by atoms with E-state index in [-0.39, 0.29) is 0 Å². The van der Waals surface area contributed by atoms with Gasteiger partial charge in [-0.3, -0.25) is 0 Å². The smallest absolute Gasteiger partial charge is 0.128 e. The maximum Gasteiger partial charge on any atom is 0.128 e. The molecule has 0 atom stereocenters. The van der Waals surface area contributed by atoms with E-state index in [1.165, 1.54) is 94.1 Å². The van der Waals surface area contributed by atoms with Crippen molar-refractivity contribution < 1.29 is 0 Å². The van der Waals surface area contributed by atoms with Crippen LogP contribution in [0, 0.1) is 0 Å². The number of aryl methyl sites for hydroxylation is 4. The van der Waals surface area contributed by atoms with Crippen molar-refractivity contribution in [1.29, 1.82) is 0 Å². The fourth-order valence-electron chi connectivity index (χ4n) is 5.38. The van der Waals surface area contributed by atoms with Gasteiger partial charge in [0.25, 0.3) is 0 Å². The summed E-state index contributed by atoms with van der Waals surface area (Å²) in [4.78, 5) is 23.9. The highest BCUT2D eigenvalue weighted by Gasteiger charge is 2.21. The molecule has 0 saturated heterocycles. The second kappa shape index (κ2) is 10.0. The first-order chi connectivity index (χ1) is 17.8. The van der Waals surface area contributed by atoms with Crippen molar-refractivity contribution in [3.63, 3.8) is 0 Å². The lowest BCUT2D eigenvalue weighted by atomic mass is 9.97. The highest BCUT2D eigenvalue weighted by Crippen LogP contribution is 2.41. The van der Waals surface area contributed by atoms with Crippen LogP contribution in [0.3, 0.4) is 0 Å². The minimum atomic E-state index is 0.928. The van der Waals surface area contributed by atoms with Crippen LogP contribution in [0.4, 0.5) is 0 Å². The lowest BCUT2D eigenvalue weighted by Crippen LogP contribution is -1.99. The number of fused-ring (bicyclic) bond motifs is 6. The predicted molar refractivity (Wildman–Crippen MR) is 154 cm³/mol. The van der Waals surface area contributed by atoms with Crippen molar-refractivity contribution in [3.05, 3.63) is 68.9 Å². The Morgan fingerprint density at radius 1 is 0.583 bits per heavy atom. The molecule has 8 heteroatoms. The molecule has 4 heterocycles. The summed E-state index contributed by atoms with van der Waals surface area (Å²) in [6, 6.07) is 9.08. The quantitative estimate of drug-likeness (QED) is 0.159. The Morgan fingerprint density at radius 3 is 1.50 bits per heavy atom. The van der Waals surface area contributed by atoms with Crippen molar-refractivity contribution >= 4 is 66.6 Å². The van der Waals surface area contributed by atoms with E-state index in [1.807, 2.05) is 46.2 Å². The third-order valence-electron chi connectivity index (χ3n) is 7.21. The number of thioether (sulfide) groups is 2. The van der Waals surface area contributed by atoms with Crippen LogP contribution < -0.4 is 0 Å². The van der Waals surface area contributed by atoms with Gasteiger partial charge in [-0.2, -0.15) is 0 Å². The van der Waals surface area contributed by atoms with E-state index >= 15 is 0 Å². The molecule has 0 amide bonds. The molecule has 0 radical (unpaired) electrons. The predicted octanol–water partition coefficient (Wildman–Crippen LogP) is 8.04. The van der Waals surface area contributed by atoms with Crippen LogP contribution in [0.25, 0.3) is 20.4 Å². The van der Waals surface area contributed by atoms with E-state index < -0.39 is 0 Å². The van der Waals surface area contributed by atoms with Crippen molar-refractivity contribution in [2.45, 2.75) is 72.9 Å². The average Bonchev–Trinajstić information content (AvgIpc) is 3.50. The number of hydrogen-bond donors (Lipinski definition) is 0. The Kier molecular flexibility index (Phi) is 6.46. The van der Waals surface area contributed by atoms with Gasteiger partial charge in [-0.05, 0) is 73.6 Å². The van der Waals surface area contributed by atoms with Crippen LogP contribution in [0.5, 0.6) is 0 Å². The first kappa shape index (κ1) is 23.1. The zero-order valence-corrected chi connectivity index (χ0v) is 23.2. The number of aromatic nitrogens is 4. The third kappa shape index (κ3) is 4.36. The lowest BCUT2D eigenvalue weighted by molar-refractivity contribution is 0.699. The zero-order chi connectivity index (χ0) is 23.9. The Hall–Kier alpha value is -2.00. The van der Waals surface area contributed by atoms with Crippen molar-refractivity contribution in [1.82, 2.24) is 19.9 Å². The van der Waals surface area contributed by atoms with Gasteiger partial charge in [0, 0.05) is 32.0 Å². The summed E-state index contributed by atoms with van der Waals surface area (Å²) in [5.41, 5.74) is 5.70. The van der Waals surface area contributed by atoms with Gasteiger partial charge in [0.15, 0.2) is 0 Å². The van der Waals surface area contributed by atoms with E-state index in [0.717, 1.165) is 31.2 Å². The fourth-order valence-corrected chi connectivity index (χ4v) is 9.93. The average molecular weight is 547 g/mol. The van der Waals surface area contributed by atoms with E-state index in [4.69, 9.17) is 0 Å². The fraction of sp³-hybridized carbons (Fsp3) is 0.357. The molecule has 0 spiro atoms. The highest BCUT2D eigenvalue weighted by molar-refractivity contribution is 7.99. The summed E-state index contributed by atoms with van der Waals surface area (Å²) >= 11 is 7.44. The van der Waals surface area contributed by atoms with Gasteiger partial charge in [-0.15, -0.1) is 46.2 Å². The van der Waals surface area contributed by atoms with Crippen molar-refractivity contribution in [2.24, 2.45) is 0 Å². The monoisotopic (exact) mass is 546 g/mol. The second-order valence-corrected chi connectivity index (χ2v) is 13.6. The maximum atomic E-state index is 4.68. The van der Waals surface area contributed by atoms with Gasteiger partial charge in [0.1, 0.15) is 32.4 Å². The SMILES string of the molecule is c1nc(SCc2ccc(CSc3ncnc4sc5c(c34)CCCC5)cc2)c2c3c(sc2n1)CCCC3. The molecule has 0 N–H and O–H groups in total. The molecule has 0 aliphatic heterocycles. The number of benzene rings is 1. The van der Waals surface area contributed by atoms with Gasteiger partial charge in [-0.1, -0.05) is 24.3 Å². The van der Waals surface area contributed by atoms with E-state index in [0.29, 0.717) is 0 Å². The normalized spacial score (nSPS) is 15.3. The number of nitrogens with zero attached hydrogens (tertiary/aromatic N) is 4. The standard InChI is InChI=1S/C28H26N4S4/c1-3-7-21-19(5-1)23-25(29-15-31-27(23)35-21)33-13-17-9-11-18(12-10-17)14-34-26-24-20-6-2-4-8-22(20)36-28(24)32-16-30-26/h9-12,15-16H,1-8,13-14H2. The van der Waals surface area contributed by atoms with E-state index in [9.17, 15) is 0 Å². The van der Waals surface area contributed by atoms with Gasteiger partial charge in [0.2, 0.25) is 0 Å². The molecule has 4 aromatic heterocycles. The van der Waals surface area contributed by atoms with Crippen LogP contribution in [-0.4, -0.2) is 19.9 Å². The maximum absolute atomic E-state index is 4.68. The zero-order valence-electron chi connectivity index (χ0n) is 20.0. The Morgan fingerprint density at radius 2 is 1.03 bits per heavy atom. The van der Waals surface area contributed by atoms with Crippen LogP contribution in [0.15, 0.2) is 47.0 Å². The molecule has 5 aromatic rings. The molecule has 7 rings (SSSR count). The third-order valence-corrected chi connectivity index (χ3v) is 11.7. The second-order valence-electron chi connectivity index (χ2n) is 9.53. The van der Waals surface area contributed by atoms with Gasteiger partial charge in [-0.25, -0.2) is 19.9 Å². The molecule has 0 unspecified atom stereocenters. The van der Waals surface area contributed by atoms with Crippen LogP contribution in [0.1, 0.15) is 57.7 Å². The number of thiophene rings is 2. The summed E-state index contributed by atoms with van der Waals surface area (Å²) in [5.74, 6) is 1.86. The Balaban J connectivity index is 1.05. The summed E-state index contributed by atoms with van der Waals surface area (Å²) in [5, 5.41) is 4.93. The largest absolute Gasteiger partial charge is 0.229 e. The molecule has 2 aliphatic carbocycles. The molecule has 1 aromatic carbocycles. The molecule has 0 fully saturated rings. The molecular weight excluding hydrogens is 521 g/mol. The van der Waals surface area contributed by atoms with Crippen LogP contribution in [0.2, 0.25) is 0 Å². The van der Waals surface area contributed by atoms with Crippen LogP contribution >= 0.6 is 46.2 Å². The minimum absolute atomic E-state index is 0.928. The van der Waals surface area contributed by atoms with Gasteiger partial charge < -0.3 is 0 Å². The highest BCUT2D eigenvalue weighted by atomic mass is 32.2. The van der Waals surface area contributed by atoms with E-state index in [2.05, 4.69) is 44.2 Å². The number of hydrogen-bond acceptors (Lipinski definition) is 8. The summed E-state index contributed by atoms with van der Waals surface area (Å²) < 4.78 is 0. The summed E-state index contributed by atoms with van der Waals surface area (Å²) in [6.07, 6.45) is 13.4. The molecule has 0 saturated carbocycles. The topological polar surface area (TPSA) is 51.6 Å². The molecule has 36 heavy (non-hydrogen) atoms. The molecular formula is C28H26N4S4. The minimum Gasteiger partial charge on any atom is -0.229 e. The first-order valence-electron chi connectivity index (χ1n) is 12.7. The molecule has 2 aliphatic rings. The Labute approximate surface area is 227 Å². The number of rotatable bonds is 6. The lowest BCUT2D eigenvalue weighted by Gasteiger charge is -2.12. The first-order valence-corrected chi connectivity index (χ1v) is 16.3. The van der Waals surface area contributed by atoms with Crippen molar-refractivity contribution in [2.75, 3.05) is 0 Å².